The molecule has 3 N–H and O–H groups in total. The molecule has 238 valence electrons. The Balaban J connectivity index is 1.55. The Morgan fingerprint density at radius 3 is 2.45 bits per heavy atom. The third-order valence-corrected chi connectivity index (χ3v) is 9.02. The summed E-state index contributed by atoms with van der Waals surface area (Å²) >= 11 is 4.51. The molecular formula is C29H35FN3O9PS. The summed E-state index contributed by atoms with van der Waals surface area (Å²) < 4.78 is 50.0. The van der Waals surface area contributed by atoms with Gasteiger partial charge in [0, 0.05) is 12.3 Å². The summed E-state index contributed by atoms with van der Waals surface area (Å²) in [7, 11) is -4.36. The molecule has 1 fully saturated rings. The minimum Gasteiger partial charge on any atom is -0.462 e. The van der Waals surface area contributed by atoms with E-state index < -0.39 is 66.9 Å². The highest BCUT2D eigenvalue weighted by atomic mass is 32.1. The third-order valence-electron chi connectivity index (χ3n) is 6.90. The number of halogens is 1. The Morgan fingerprint density at radius 2 is 1.84 bits per heavy atom. The highest BCUT2D eigenvalue weighted by molar-refractivity contribution is 7.81. The van der Waals surface area contributed by atoms with E-state index in [1.807, 2.05) is 0 Å². The quantitative estimate of drug-likeness (QED) is 0.137. The van der Waals surface area contributed by atoms with E-state index in [-0.39, 0.29) is 11.6 Å². The van der Waals surface area contributed by atoms with Crippen LogP contribution in [0.4, 0.5) is 4.39 Å². The monoisotopic (exact) mass is 651 g/mol. The lowest BCUT2D eigenvalue weighted by Gasteiger charge is -2.28. The van der Waals surface area contributed by atoms with Gasteiger partial charge in [0.1, 0.15) is 29.8 Å². The number of ether oxygens (including phenoxy) is 2. The topological polar surface area (TPSA) is 158 Å². The summed E-state index contributed by atoms with van der Waals surface area (Å²) in [4.78, 5) is 38.6. The molecule has 44 heavy (non-hydrogen) atoms. The number of aliphatic hydroxyl groups excluding tert-OH is 1. The molecule has 0 bridgehead atoms. The maximum absolute atomic E-state index is 14.0. The van der Waals surface area contributed by atoms with E-state index in [1.54, 1.807) is 45.0 Å². The number of carbonyl (C=O) groups excluding carboxylic acids is 1. The van der Waals surface area contributed by atoms with Crippen molar-refractivity contribution in [3.8, 4) is 16.9 Å². The van der Waals surface area contributed by atoms with Crippen molar-refractivity contribution in [1.29, 1.82) is 0 Å². The third kappa shape index (κ3) is 7.68. The number of rotatable bonds is 11. The zero-order valence-corrected chi connectivity index (χ0v) is 26.5. The molecule has 1 aliphatic rings. The van der Waals surface area contributed by atoms with Crippen LogP contribution in [0.15, 0.2) is 64.3 Å². The Kier molecular flexibility index (Phi) is 10.2. The maximum Gasteiger partial charge on any atom is 0.459 e. The van der Waals surface area contributed by atoms with Crippen LogP contribution in [0.1, 0.15) is 39.5 Å². The van der Waals surface area contributed by atoms with Crippen molar-refractivity contribution in [2.75, 3.05) is 6.61 Å². The zero-order chi connectivity index (χ0) is 32.4. The number of esters is 1. The summed E-state index contributed by atoms with van der Waals surface area (Å²) in [6, 6.07) is 11.1. The van der Waals surface area contributed by atoms with Crippen molar-refractivity contribution in [2.45, 2.75) is 69.9 Å². The summed E-state index contributed by atoms with van der Waals surface area (Å²) in [6.45, 7) is 7.44. The average Bonchev–Trinajstić information content (AvgIpc) is 3.17. The molecule has 6 atom stereocenters. The standard InChI is InChI=1S/C29H35FN3O9PS/c1-16(2)40-26(36)18(4)32-43(38,42-21-9-6-19(7-10-21)20-8-11-22(30)17(3)14-20)39-15-23-25(35)29(5,44)27(41-23)33-13-12-24(34)31-28(33)37/h6-14,16,18,23,25,27,35,44H,15H2,1-5H3,(H,32,38)(H,31,34,37). The van der Waals surface area contributed by atoms with Gasteiger partial charge in [-0.05, 0) is 75.6 Å². The number of hydrogen-bond acceptors (Lipinski definition) is 10. The van der Waals surface area contributed by atoms with E-state index in [4.69, 9.17) is 18.5 Å². The molecule has 0 radical (unpaired) electrons. The predicted octanol–water partition coefficient (Wildman–Crippen LogP) is 3.73. The van der Waals surface area contributed by atoms with Gasteiger partial charge in [-0.1, -0.05) is 18.2 Å². The van der Waals surface area contributed by atoms with Crippen LogP contribution in [0.5, 0.6) is 5.75 Å². The average molecular weight is 652 g/mol. The fourth-order valence-electron chi connectivity index (χ4n) is 4.55. The first-order chi connectivity index (χ1) is 20.6. The van der Waals surface area contributed by atoms with Crippen LogP contribution < -0.4 is 20.9 Å². The fraction of sp³-hybridized carbons (Fsp3) is 0.414. The minimum absolute atomic E-state index is 0.123. The summed E-state index contributed by atoms with van der Waals surface area (Å²) in [5, 5.41) is 13.6. The van der Waals surface area contributed by atoms with Gasteiger partial charge in [-0.25, -0.2) is 13.8 Å². The lowest BCUT2D eigenvalue weighted by Crippen LogP contribution is -2.43. The summed E-state index contributed by atoms with van der Waals surface area (Å²) in [6.07, 6.45) is -2.83. The molecule has 1 aliphatic heterocycles. The van der Waals surface area contributed by atoms with Gasteiger partial charge >= 0.3 is 19.4 Å². The maximum atomic E-state index is 14.0. The fourth-order valence-corrected chi connectivity index (χ4v) is 6.40. The van der Waals surface area contributed by atoms with Crippen molar-refractivity contribution in [3.63, 3.8) is 0 Å². The van der Waals surface area contributed by atoms with Crippen molar-refractivity contribution in [3.05, 3.63) is 86.9 Å². The van der Waals surface area contributed by atoms with Crippen molar-refractivity contribution < 1.29 is 37.4 Å². The number of thiol groups is 1. The van der Waals surface area contributed by atoms with Crippen molar-refractivity contribution in [2.24, 2.45) is 0 Å². The van der Waals surface area contributed by atoms with Crippen LogP contribution in [0.25, 0.3) is 11.1 Å². The molecule has 4 rings (SSSR count). The highest BCUT2D eigenvalue weighted by Crippen LogP contribution is 2.48. The molecule has 2 heterocycles. The molecule has 6 unspecified atom stereocenters. The molecule has 2 aromatic carbocycles. The van der Waals surface area contributed by atoms with Gasteiger partial charge in [0.05, 0.1) is 17.5 Å². The van der Waals surface area contributed by atoms with Crippen LogP contribution >= 0.6 is 20.4 Å². The number of nitrogens with zero attached hydrogens (tertiary/aromatic N) is 1. The zero-order valence-electron chi connectivity index (χ0n) is 24.7. The molecule has 0 aliphatic carbocycles. The van der Waals surface area contributed by atoms with Gasteiger partial charge in [0.25, 0.3) is 5.56 Å². The number of aliphatic hydroxyl groups is 1. The molecule has 0 spiro atoms. The van der Waals surface area contributed by atoms with Crippen molar-refractivity contribution in [1.82, 2.24) is 14.6 Å². The molecule has 0 amide bonds. The van der Waals surface area contributed by atoms with Gasteiger partial charge in [-0.3, -0.25) is 23.7 Å². The number of aromatic amines is 1. The number of aromatic nitrogens is 2. The molecule has 1 aromatic heterocycles. The van der Waals surface area contributed by atoms with Gasteiger partial charge < -0.3 is 19.1 Å². The molecule has 1 saturated heterocycles. The van der Waals surface area contributed by atoms with Crippen LogP contribution in [0.3, 0.4) is 0 Å². The highest BCUT2D eigenvalue weighted by Gasteiger charge is 2.53. The number of carbonyl (C=O) groups is 1. The largest absolute Gasteiger partial charge is 0.462 e. The van der Waals surface area contributed by atoms with Gasteiger partial charge in [-0.2, -0.15) is 17.7 Å². The first-order valence-corrected chi connectivity index (χ1v) is 15.7. The number of aryl methyl sites for hydroxylation is 1. The first kappa shape index (κ1) is 33.6. The minimum atomic E-state index is -4.36. The summed E-state index contributed by atoms with van der Waals surface area (Å²) in [5.41, 5.74) is 0.603. The first-order valence-electron chi connectivity index (χ1n) is 13.8. The number of H-pyrrole nitrogens is 1. The SMILES string of the molecule is Cc1cc(-c2ccc(OP(=O)(NC(C)C(=O)OC(C)C)OCC3OC(n4ccc(=O)[nH]c4=O)C(C)(S)C3O)cc2)ccc1F. The van der Waals surface area contributed by atoms with Crippen LogP contribution in [-0.4, -0.2) is 56.3 Å². The second-order valence-electron chi connectivity index (χ2n) is 10.9. The summed E-state index contributed by atoms with van der Waals surface area (Å²) in [5.74, 6) is -0.904. The number of nitrogens with one attached hydrogen (secondary N) is 2. The Hall–Kier alpha value is -3.26. The van der Waals surface area contributed by atoms with Crippen LogP contribution in [-0.2, 0) is 23.4 Å². The van der Waals surface area contributed by atoms with E-state index >= 15 is 0 Å². The van der Waals surface area contributed by atoms with Crippen LogP contribution in [0, 0.1) is 12.7 Å². The molecular weight excluding hydrogens is 616 g/mol. The second kappa shape index (κ2) is 13.4. The number of benzene rings is 2. The lowest BCUT2D eigenvalue weighted by atomic mass is 10.0. The predicted molar refractivity (Wildman–Crippen MR) is 163 cm³/mol. The molecule has 12 nitrogen and oxygen atoms in total. The van der Waals surface area contributed by atoms with Gasteiger partial charge in [-0.15, -0.1) is 0 Å². The van der Waals surface area contributed by atoms with Crippen LogP contribution in [0.2, 0.25) is 0 Å². The van der Waals surface area contributed by atoms with E-state index in [1.165, 1.54) is 38.2 Å². The molecule has 0 saturated carbocycles. The van der Waals surface area contributed by atoms with E-state index in [0.717, 1.165) is 21.8 Å². The second-order valence-corrected chi connectivity index (χ2v) is 13.6. The Bertz CT molecular complexity index is 1660. The van der Waals surface area contributed by atoms with Gasteiger partial charge in [0.15, 0.2) is 6.23 Å². The van der Waals surface area contributed by atoms with Crippen molar-refractivity contribution >= 4 is 26.3 Å². The lowest BCUT2D eigenvalue weighted by molar-refractivity contribution is -0.149. The molecule has 3 aromatic rings. The Morgan fingerprint density at radius 1 is 1.18 bits per heavy atom. The smallest absolute Gasteiger partial charge is 0.459 e. The van der Waals surface area contributed by atoms with Gasteiger partial charge in [0.2, 0.25) is 0 Å². The van der Waals surface area contributed by atoms with E-state index in [2.05, 4.69) is 22.7 Å². The van der Waals surface area contributed by atoms with E-state index in [0.29, 0.717) is 5.56 Å². The van der Waals surface area contributed by atoms with E-state index in [9.17, 15) is 28.4 Å². The Labute approximate surface area is 258 Å². The number of hydrogen-bond donors (Lipinski definition) is 4. The molecule has 15 heteroatoms. The normalized spacial score (nSPS) is 23.7.